The van der Waals surface area contributed by atoms with Crippen molar-refractivity contribution in [3.63, 3.8) is 0 Å². The summed E-state index contributed by atoms with van der Waals surface area (Å²) in [5.74, 6) is 0.733. The Morgan fingerprint density at radius 3 is 2.89 bits per heavy atom. The summed E-state index contributed by atoms with van der Waals surface area (Å²) in [6.45, 7) is 3.79. The van der Waals surface area contributed by atoms with Crippen LogP contribution in [0.2, 0.25) is 0 Å². The first kappa shape index (κ1) is 19.2. The lowest BCUT2D eigenvalue weighted by atomic mass is 9.72. The number of rotatable bonds is 4. The monoisotopic (exact) mass is 387 g/mol. The number of carbonyl (C=O) groups excluding carboxylic acids is 2. The van der Waals surface area contributed by atoms with Crippen LogP contribution in [0.3, 0.4) is 0 Å². The number of likely N-dealkylation sites (tertiary alicyclic amines) is 2. The third-order valence-electron chi connectivity index (χ3n) is 6.50. The molecule has 1 spiro atoms. The highest BCUT2D eigenvalue weighted by Gasteiger charge is 2.42. The van der Waals surface area contributed by atoms with Gasteiger partial charge in [-0.15, -0.1) is 0 Å². The number of ether oxygens (including phenoxy) is 2. The van der Waals surface area contributed by atoms with Gasteiger partial charge in [0.2, 0.25) is 11.8 Å². The van der Waals surface area contributed by atoms with Crippen molar-refractivity contribution >= 4 is 11.8 Å². The summed E-state index contributed by atoms with van der Waals surface area (Å²) in [6.07, 6.45) is 7.37. The van der Waals surface area contributed by atoms with Gasteiger partial charge >= 0.3 is 0 Å². The van der Waals surface area contributed by atoms with E-state index in [0.29, 0.717) is 17.9 Å². The molecule has 0 aliphatic carbocycles. The van der Waals surface area contributed by atoms with E-state index in [1.54, 1.807) is 25.4 Å². The van der Waals surface area contributed by atoms with Gasteiger partial charge in [-0.05, 0) is 43.6 Å². The van der Waals surface area contributed by atoms with Crippen LogP contribution in [-0.4, -0.2) is 72.6 Å². The third kappa shape index (κ3) is 3.99. The molecule has 0 N–H and O–H groups in total. The van der Waals surface area contributed by atoms with E-state index in [9.17, 15) is 9.59 Å². The fraction of sp³-hybridized carbons (Fsp3) is 0.667. The van der Waals surface area contributed by atoms with E-state index in [1.165, 1.54) is 0 Å². The minimum Gasteiger partial charge on any atom is -0.481 e. The molecule has 0 saturated carbocycles. The van der Waals surface area contributed by atoms with Gasteiger partial charge in [0.1, 0.15) is 0 Å². The maximum atomic E-state index is 12.8. The topological polar surface area (TPSA) is 72.0 Å². The predicted molar refractivity (Wildman–Crippen MR) is 103 cm³/mol. The van der Waals surface area contributed by atoms with Gasteiger partial charge < -0.3 is 19.3 Å². The molecule has 3 fully saturated rings. The van der Waals surface area contributed by atoms with Gasteiger partial charge in [-0.25, -0.2) is 4.98 Å². The minimum absolute atomic E-state index is 0.0265. The molecule has 7 heteroatoms. The molecule has 0 radical (unpaired) electrons. The van der Waals surface area contributed by atoms with Crippen molar-refractivity contribution in [3.05, 3.63) is 23.9 Å². The number of methoxy groups -OCH3 is 1. The Hall–Kier alpha value is -2.15. The Morgan fingerprint density at radius 2 is 2.18 bits per heavy atom. The van der Waals surface area contributed by atoms with Crippen LogP contribution in [0.25, 0.3) is 0 Å². The first-order chi connectivity index (χ1) is 13.6. The Labute approximate surface area is 166 Å². The van der Waals surface area contributed by atoms with Crippen LogP contribution in [-0.2, 0) is 9.53 Å². The molecular weight excluding hydrogens is 358 g/mol. The Balaban J connectivity index is 1.37. The van der Waals surface area contributed by atoms with Gasteiger partial charge in [0.15, 0.2) is 0 Å². The number of nitrogens with zero attached hydrogens (tertiary/aromatic N) is 3. The van der Waals surface area contributed by atoms with Crippen LogP contribution in [0.4, 0.5) is 0 Å². The highest BCUT2D eigenvalue weighted by molar-refractivity contribution is 5.94. The van der Waals surface area contributed by atoms with E-state index in [1.807, 2.05) is 9.80 Å². The van der Waals surface area contributed by atoms with E-state index >= 15 is 0 Å². The van der Waals surface area contributed by atoms with Crippen LogP contribution in [0.15, 0.2) is 18.3 Å². The summed E-state index contributed by atoms with van der Waals surface area (Å²) < 4.78 is 10.9. The molecule has 0 bridgehead atoms. The molecule has 7 nitrogen and oxygen atoms in total. The number of amides is 2. The molecule has 152 valence electrons. The zero-order valence-corrected chi connectivity index (χ0v) is 16.6. The first-order valence-corrected chi connectivity index (χ1v) is 10.3. The number of hydrogen-bond donors (Lipinski definition) is 0. The van der Waals surface area contributed by atoms with Crippen LogP contribution in [0.5, 0.6) is 5.88 Å². The van der Waals surface area contributed by atoms with Crippen LogP contribution in [0, 0.1) is 5.41 Å². The van der Waals surface area contributed by atoms with Gasteiger partial charge in [0, 0.05) is 57.0 Å². The second-order valence-corrected chi connectivity index (χ2v) is 8.29. The van der Waals surface area contributed by atoms with Gasteiger partial charge in [-0.2, -0.15) is 0 Å². The lowest BCUT2D eigenvalue weighted by Crippen LogP contribution is -2.53. The average molecular weight is 387 g/mol. The van der Waals surface area contributed by atoms with E-state index in [4.69, 9.17) is 9.47 Å². The first-order valence-electron chi connectivity index (χ1n) is 10.3. The summed E-state index contributed by atoms with van der Waals surface area (Å²) in [6, 6.07) is 3.42. The summed E-state index contributed by atoms with van der Waals surface area (Å²) in [4.78, 5) is 33.3. The third-order valence-corrected chi connectivity index (χ3v) is 6.50. The predicted octanol–water partition coefficient (Wildman–Crippen LogP) is 2.11. The Bertz CT molecular complexity index is 724. The number of pyridine rings is 1. The van der Waals surface area contributed by atoms with Gasteiger partial charge in [0.25, 0.3) is 5.91 Å². The van der Waals surface area contributed by atoms with Crippen molar-refractivity contribution < 1.29 is 19.1 Å². The van der Waals surface area contributed by atoms with Crippen LogP contribution >= 0.6 is 0 Å². The summed E-state index contributed by atoms with van der Waals surface area (Å²) in [5, 5.41) is 0. The Kier molecular flexibility index (Phi) is 5.53. The SMILES string of the molecule is COc1cc(C(=O)N2CCC3(CCC(=O)N(C[C@@H]4CCCO4)C3)CC2)ccn1. The van der Waals surface area contributed by atoms with Crippen molar-refractivity contribution in [2.24, 2.45) is 5.41 Å². The fourth-order valence-corrected chi connectivity index (χ4v) is 4.73. The molecule has 3 aliphatic rings. The number of aromatic nitrogens is 1. The Morgan fingerprint density at radius 1 is 1.36 bits per heavy atom. The van der Waals surface area contributed by atoms with Gasteiger partial charge in [0.05, 0.1) is 13.2 Å². The normalized spacial score (nSPS) is 24.6. The molecule has 2 amide bonds. The van der Waals surface area contributed by atoms with Gasteiger partial charge in [-0.3, -0.25) is 9.59 Å². The minimum atomic E-state index is 0.0265. The largest absolute Gasteiger partial charge is 0.481 e. The van der Waals surface area contributed by atoms with Crippen molar-refractivity contribution in [1.82, 2.24) is 14.8 Å². The molecule has 0 unspecified atom stereocenters. The van der Waals surface area contributed by atoms with E-state index in [-0.39, 0.29) is 23.3 Å². The highest BCUT2D eigenvalue weighted by atomic mass is 16.5. The van der Waals surface area contributed by atoms with Crippen molar-refractivity contribution in [1.29, 1.82) is 0 Å². The van der Waals surface area contributed by atoms with E-state index in [0.717, 1.165) is 64.9 Å². The second-order valence-electron chi connectivity index (χ2n) is 8.29. The second kappa shape index (κ2) is 8.07. The van der Waals surface area contributed by atoms with Crippen LogP contribution < -0.4 is 4.74 Å². The standard InChI is InChI=1S/C21H29N3O4/c1-27-18-13-16(5-9-22-18)20(26)23-10-7-21(8-11-23)6-4-19(25)24(15-21)14-17-3-2-12-28-17/h5,9,13,17H,2-4,6-8,10-12,14-15H2,1H3/t17-/m0/s1. The molecule has 0 aromatic carbocycles. The summed E-state index contributed by atoms with van der Waals surface area (Å²) in [5.41, 5.74) is 0.751. The zero-order chi connectivity index (χ0) is 19.6. The van der Waals surface area contributed by atoms with E-state index in [2.05, 4.69) is 4.98 Å². The summed E-state index contributed by atoms with van der Waals surface area (Å²) >= 11 is 0. The molecule has 1 atom stereocenters. The maximum absolute atomic E-state index is 12.8. The molecule has 4 heterocycles. The molecule has 1 aromatic heterocycles. The van der Waals surface area contributed by atoms with Crippen LogP contribution in [0.1, 0.15) is 48.9 Å². The van der Waals surface area contributed by atoms with Crippen molar-refractivity contribution in [2.75, 3.05) is 39.9 Å². The number of carbonyl (C=O) groups is 2. The van der Waals surface area contributed by atoms with Crippen molar-refractivity contribution in [2.45, 2.75) is 44.6 Å². The molecule has 3 saturated heterocycles. The molecule has 4 rings (SSSR count). The highest BCUT2D eigenvalue weighted by Crippen LogP contribution is 2.40. The fourth-order valence-electron chi connectivity index (χ4n) is 4.73. The van der Waals surface area contributed by atoms with Crippen molar-refractivity contribution in [3.8, 4) is 5.88 Å². The van der Waals surface area contributed by atoms with E-state index < -0.39 is 0 Å². The quantitative estimate of drug-likeness (QED) is 0.791. The summed E-state index contributed by atoms with van der Waals surface area (Å²) in [7, 11) is 1.55. The number of hydrogen-bond acceptors (Lipinski definition) is 5. The zero-order valence-electron chi connectivity index (χ0n) is 16.6. The molecular formula is C21H29N3O4. The smallest absolute Gasteiger partial charge is 0.254 e. The molecule has 3 aliphatic heterocycles. The average Bonchev–Trinajstić information content (AvgIpc) is 3.24. The lowest BCUT2D eigenvalue weighted by molar-refractivity contribution is -0.141. The molecule has 1 aromatic rings. The van der Waals surface area contributed by atoms with Gasteiger partial charge in [-0.1, -0.05) is 0 Å². The maximum Gasteiger partial charge on any atom is 0.254 e. The number of piperidine rings is 2. The molecule has 28 heavy (non-hydrogen) atoms. The lowest BCUT2D eigenvalue weighted by Gasteiger charge is -2.47.